The van der Waals surface area contributed by atoms with E-state index in [9.17, 15) is 13.2 Å². The minimum absolute atomic E-state index is 0.0239. The van der Waals surface area contributed by atoms with Crippen molar-refractivity contribution in [2.75, 3.05) is 25.2 Å². The van der Waals surface area contributed by atoms with E-state index in [-0.39, 0.29) is 35.9 Å². The van der Waals surface area contributed by atoms with Gasteiger partial charge in [0.2, 0.25) is 0 Å². The Kier molecular flexibility index (Phi) is 5.55. The zero-order chi connectivity index (χ0) is 12.9. The van der Waals surface area contributed by atoms with Gasteiger partial charge in [0.25, 0.3) is 0 Å². The van der Waals surface area contributed by atoms with Gasteiger partial charge in [-0.1, -0.05) is 6.92 Å². The molecule has 0 bridgehead atoms. The van der Waals surface area contributed by atoms with E-state index in [0.29, 0.717) is 19.4 Å². The second-order valence-electron chi connectivity index (χ2n) is 4.42. The molecule has 17 heavy (non-hydrogen) atoms. The number of carbonyl (C=O) groups is 1. The van der Waals surface area contributed by atoms with Crippen molar-refractivity contribution < 1.29 is 17.9 Å². The topological polar surface area (TPSA) is 72.5 Å². The summed E-state index contributed by atoms with van der Waals surface area (Å²) in [6.45, 7) is 2.48. The average molecular weight is 263 g/mol. The summed E-state index contributed by atoms with van der Waals surface area (Å²) < 4.78 is 28.1. The van der Waals surface area contributed by atoms with Crippen LogP contribution in [-0.2, 0) is 19.4 Å². The first-order chi connectivity index (χ1) is 7.98. The van der Waals surface area contributed by atoms with Crippen LogP contribution in [0, 0.1) is 0 Å². The first-order valence-corrected chi connectivity index (χ1v) is 7.80. The largest absolute Gasteiger partial charge is 0.380 e. The lowest BCUT2D eigenvalue weighted by molar-refractivity contribution is -0.120. The number of rotatable bonds is 7. The number of ketones is 1. The standard InChI is InChI=1S/C11H21NO4S/c1-3-5-17(14,15)6-4-11(13)10-7-9(16-2)8-12-10/h9-10,12H,3-8H2,1-2H3. The Hall–Kier alpha value is -0.460. The van der Waals surface area contributed by atoms with Gasteiger partial charge in [-0.15, -0.1) is 0 Å². The van der Waals surface area contributed by atoms with E-state index in [4.69, 9.17) is 4.74 Å². The maximum Gasteiger partial charge on any atom is 0.150 e. The van der Waals surface area contributed by atoms with Crippen molar-refractivity contribution in [3.8, 4) is 0 Å². The second kappa shape index (κ2) is 6.47. The van der Waals surface area contributed by atoms with E-state index in [1.807, 2.05) is 6.92 Å². The highest BCUT2D eigenvalue weighted by Crippen LogP contribution is 2.12. The highest BCUT2D eigenvalue weighted by Gasteiger charge is 2.29. The van der Waals surface area contributed by atoms with Crippen LogP contribution in [0.5, 0.6) is 0 Å². The van der Waals surface area contributed by atoms with E-state index < -0.39 is 9.84 Å². The summed E-state index contributed by atoms with van der Waals surface area (Å²) in [6, 6.07) is -0.239. The molecule has 1 heterocycles. The molecule has 2 unspecified atom stereocenters. The van der Waals surface area contributed by atoms with E-state index in [0.717, 1.165) is 0 Å². The fraction of sp³-hybridized carbons (Fsp3) is 0.909. The molecule has 1 rings (SSSR count). The van der Waals surface area contributed by atoms with Gasteiger partial charge >= 0.3 is 0 Å². The van der Waals surface area contributed by atoms with Gasteiger partial charge in [-0.25, -0.2) is 8.42 Å². The molecule has 0 spiro atoms. The number of hydrogen-bond acceptors (Lipinski definition) is 5. The van der Waals surface area contributed by atoms with E-state index in [2.05, 4.69) is 5.32 Å². The molecule has 0 aliphatic carbocycles. The lowest BCUT2D eigenvalue weighted by Gasteiger charge is -2.09. The fourth-order valence-corrected chi connectivity index (χ4v) is 3.31. The molecule has 0 saturated carbocycles. The van der Waals surface area contributed by atoms with Crippen LogP contribution in [0.4, 0.5) is 0 Å². The third-order valence-corrected chi connectivity index (χ3v) is 4.84. The third-order valence-electron chi connectivity index (χ3n) is 2.99. The van der Waals surface area contributed by atoms with Crippen molar-refractivity contribution in [1.82, 2.24) is 5.32 Å². The van der Waals surface area contributed by atoms with Gasteiger partial charge in [0.05, 0.1) is 17.9 Å². The van der Waals surface area contributed by atoms with Crippen molar-refractivity contribution >= 4 is 15.6 Å². The number of hydrogen-bond donors (Lipinski definition) is 1. The Labute approximate surface area is 103 Å². The normalized spacial score (nSPS) is 25.1. The summed E-state index contributed by atoms with van der Waals surface area (Å²) in [6.07, 6.45) is 1.42. The maximum absolute atomic E-state index is 11.8. The zero-order valence-electron chi connectivity index (χ0n) is 10.4. The third kappa shape index (κ3) is 4.73. The van der Waals surface area contributed by atoms with E-state index in [1.54, 1.807) is 7.11 Å². The Morgan fingerprint density at radius 2 is 2.12 bits per heavy atom. The Morgan fingerprint density at radius 1 is 1.41 bits per heavy atom. The molecule has 2 atom stereocenters. The molecular formula is C11H21NO4S. The lowest BCUT2D eigenvalue weighted by atomic mass is 10.1. The highest BCUT2D eigenvalue weighted by molar-refractivity contribution is 7.91. The van der Waals surface area contributed by atoms with Gasteiger partial charge in [-0.3, -0.25) is 4.79 Å². The molecule has 0 aromatic rings. The van der Waals surface area contributed by atoms with Crippen molar-refractivity contribution in [3.63, 3.8) is 0 Å². The van der Waals surface area contributed by atoms with Crippen LogP contribution >= 0.6 is 0 Å². The molecule has 0 radical (unpaired) electrons. The van der Waals surface area contributed by atoms with Crippen LogP contribution in [-0.4, -0.2) is 51.5 Å². The number of sulfone groups is 1. The predicted molar refractivity (Wildman–Crippen MR) is 65.8 cm³/mol. The zero-order valence-corrected chi connectivity index (χ0v) is 11.3. The van der Waals surface area contributed by atoms with Gasteiger partial charge < -0.3 is 10.1 Å². The van der Waals surface area contributed by atoms with Crippen molar-refractivity contribution in [2.45, 2.75) is 38.3 Å². The summed E-state index contributed by atoms with van der Waals surface area (Å²) in [7, 11) is -1.44. The summed E-state index contributed by atoms with van der Waals surface area (Å²) in [5.74, 6) is 0.110. The molecule has 1 aliphatic rings. The van der Waals surface area contributed by atoms with Crippen LogP contribution < -0.4 is 5.32 Å². The lowest BCUT2D eigenvalue weighted by Crippen LogP contribution is -2.32. The average Bonchev–Trinajstić information content (AvgIpc) is 2.74. The molecule has 1 N–H and O–H groups in total. The van der Waals surface area contributed by atoms with Crippen LogP contribution in [0.25, 0.3) is 0 Å². The van der Waals surface area contributed by atoms with Gasteiger partial charge in [-0.2, -0.15) is 0 Å². The molecule has 6 heteroatoms. The summed E-state index contributed by atoms with van der Waals surface area (Å²) in [4.78, 5) is 11.8. The molecule has 1 fully saturated rings. The number of carbonyl (C=O) groups excluding carboxylic acids is 1. The molecule has 5 nitrogen and oxygen atoms in total. The molecule has 1 aliphatic heterocycles. The Morgan fingerprint density at radius 3 is 2.65 bits per heavy atom. The monoisotopic (exact) mass is 263 g/mol. The number of Topliss-reactive ketones (excluding diaryl/α,β-unsaturated/α-hetero) is 1. The SMILES string of the molecule is CCCS(=O)(=O)CCC(=O)C1CC(OC)CN1. The summed E-state index contributed by atoms with van der Waals surface area (Å²) in [5, 5.41) is 3.06. The van der Waals surface area contributed by atoms with Crippen molar-refractivity contribution in [3.05, 3.63) is 0 Å². The van der Waals surface area contributed by atoms with E-state index in [1.165, 1.54) is 0 Å². The predicted octanol–water partition coefficient (Wildman–Crippen LogP) is 0.147. The van der Waals surface area contributed by atoms with Crippen LogP contribution in [0.3, 0.4) is 0 Å². The highest BCUT2D eigenvalue weighted by atomic mass is 32.2. The molecular weight excluding hydrogens is 242 g/mol. The molecule has 0 aromatic carbocycles. The van der Waals surface area contributed by atoms with Gasteiger partial charge in [0.15, 0.2) is 15.6 Å². The smallest absolute Gasteiger partial charge is 0.150 e. The quantitative estimate of drug-likeness (QED) is 0.708. The van der Waals surface area contributed by atoms with Crippen LogP contribution in [0.1, 0.15) is 26.2 Å². The Bertz CT molecular complexity index is 352. The molecule has 0 amide bonds. The molecule has 0 aromatic heterocycles. The molecule has 100 valence electrons. The minimum atomic E-state index is -3.06. The van der Waals surface area contributed by atoms with E-state index >= 15 is 0 Å². The fourth-order valence-electron chi connectivity index (χ4n) is 1.97. The molecule has 1 saturated heterocycles. The number of methoxy groups -OCH3 is 1. The van der Waals surface area contributed by atoms with Crippen LogP contribution in [0.2, 0.25) is 0 Å². The second-order valence-corrected chi connectivity index (χ2v) is 6.73. The maximum atomic E-state index is 11.8. The van der Waals surface area contributed by atoms with Crippen molar-refractivity contribution in [1.29, 1.82) is 0 Å². The van der Waals surface area contributed by atoms with Gasteiger partial charge in [-0.05, 0) is 12.8 Å². The van der Waals surface area contributed by atoms with Gasteiger partial charge in [0, 0.05) is 25.8 Å². The summed E-state index contributed by atoms with van der Waals surface area (Å²) in [5.41, 5.74) is 0. The first-order valence-electron chi connectivity index (χ1n) is 5.98. The minimum Gasteiger partial charge on any atom is -0.380 e. The first kappa shape index (κ1) is 14.6. The van der Waals surface area contributed by atoms with Crippen molar-refractivity contribution in [2.24, 2.45) is 0 Å². The van der Waals surface area contributed by atoms with Crippen LogP contribution in [0.15, 0.2) is 0 Å². The number of ether oxygens (including phenoxy) is 1. The summed E-state index contributed by atoms with van der Waals surface area (Å²) >= 11 is 0. The van der Waals surface area contributed by atoms with Gasteiger partial charge in [0.1, 0.15) is 0 Å². The number of nitrogens with one attached hydrogen (secondary N) is 1. The Balaban J connectivity index is 2.36.